The highest BCUT2D eigenvalue weighted by atomic mass is 35.5. The van der Waals surface area contributed by atoms with E-state index in [0.717, 1.165) is 11.3 Å². The first-order chi connectivity index (χ1) is 9.70. The minimum Gasteiger partial charge on any atom is -0.267 e. The first kappa shape index (κ1) is 14.2. The van der Waals surface area contributed by atoms with Crippen LogP contribution in [0.3, 0.4) is 0 Å². The zero-order valence-electron chi connectivity index (χ0n) is 11.0. The first-order valence-corrected chi connectivity index (χ1v) is 6.61. The second kappa shape index (κ2) is 6.82. The molecule has 102 valence electrons. The maximum absolute atomic E-state index is 11.9. The third-order valence-corrected chi connectivity index (χ3v) is 3.00. The fourth-order valence-electron chi connectivity index (χ4n) is 1.68. The summed E-state index contributed by atoms with van der Waals surface area (Å²) in [5.74, 6) is -0.257. The minimum atomic E-state index is -0.257. The van der Waals surface area contributed by atoms with E-state index in [1.165, 1.54) is 0 Å². The van der Waals surface area contributed by atoms with E-state index >= 15 is 0 Å². The molecule has 5 heteroatoms. The zero-order valence-corrected chi connectivity index (χ0v) is 11.8. The number of hydrogen-bond donors (Lipinski definition) is 1. The molecule has 0 atom stereocenters. The number of hydrogen-bond acceptors (Lipinski definition) is 3. The van der Waals surface area contributed by atoms with E-state index in [4.69, 9.17) is 11.6 Å². The number of benzene rings is 1. The van der Waals surface area contributed by atoms with Gasteiger partial charge in [-0.3, -0.25) is 9.78 Å². The number of nitrogens with zero attached hydrogens (tertiary/aromatic N) is 2. The standard InChI is InChI=1S/C15H14ClN3O/c1-2-14(11-3-5-13(16)6-4-11)18-19-15(20)12-7-9-17-10-8-12/h3-10H,2H2,1H3,(H,19,20)/b18-14-. The van der Waals surface area contributed by atoms with Crippen LogP contribution in [0.2, 0.25) is 5.02 Å². The molecule has 1 N–H and O–H groups in total. The highest BCUT2D eigenvalue weighted by Gasteiger charge is 2.05. The number of amides is 1. The lowest BCUT2D eigenvalue weighted by atomic mass is 10.1. The molecule has 0 radical (unpaired) electrons. The predicted octanol–water partition coefficient (Wildman–Crippen LogP) is 3.28. The molecule has 0 aliphatic heterocycles. The van der Waals surface area contributed by atoms with E-state index in [0.29, 0.717) is 17.0 Å². The van der Waals surface area contributed by atoms with E-state index < -0.39 is 0 Å². The fraction of sp³-hybridized carbons (Fsp3) is 0.133. The quantitative estimate of drug-likeness (QED) is 0.693. The molecule has 0 fully saturated rings. The molecule has 20 heavy (non-hydrogen) atoms. The largest absolute Gasteiger partial charge is 0.271 e. The number of carbonyl (C=O) groups is 1. The SMILES string of the molecule is CC/C(=N/NC(=O)c1ccncc1)c1ccc(Cl)cc1. The van der Waals surface area contributed by atoms with Gasteiger partial charge in [0.15, 0.2) is 0 Å². The van der Waals surface area contributed by atoms with Gasteiger partial charge in [-0.25, -0.2) is 5.43 Å². The molecule has 2 aromatic rings. The summed E-state index contributed by atoms with van der Waals surface area (Å²) >= 11 is 5.85. The lowest BCUT2D eigenvalue weighted by Crippen LogP contribution is -2.19. The molecule has 1 aromatic heterocycles. The van der Waals surface area contributed by atoms with E-state index in [9.17, 15) is 4.79 Å². The van der Waals surface area contributed by atoms with Crippen LogP contribution in [0.4, 0.5) is 0 Å². The molecular weight excluding hydrogens is 274 g/mol. The van der Waals surface area contributed by atoms with Crippen LogP contribution in [0.5, 0.6) is 0 Å². The Kier molecular flexibility index (Phi) is 4.85. The molecule has 0 saturated carbocycles. The lowest BCUT2D eigenvalue weighted by Gasteiger charge is -2.05. The molecular formula is C15H14ClN3O. The molecule has 1 heterocycles. The zero-order chi connectivity index (χ0) is 14.4. The van der Waals surface area contributed by atoms with Gasteiger partial charge in [0.1, 0.15) is 0 Å². The Balaban J connectivity index is 2.12. The van der Waals surface area contributed by atoms with Crippen molar-refractivity contribution in [2.24, 2.45) is 5.10 Å². The van der Waals surface area contributed by atoms with Gasteiger partial charge in [0.05, 0.1) is 5.71 Å². The Hall–Kier alpha value is -2.20. The van der Waals surface area contributed by atoms with Crippen LogP contribution in [-0.2, 0) is 0 Å². The van der Waals surface area contributed by atoms with Gasteiger partial charge in [0, 0.05) is 23.0 Å². The van der Waals surface area contributed by atoms with Crippen molar-refractivity contribution in [1.29, 1.82) is 0 Å². The van der Waals surface area contributed by atoms with E-state index in [2.05, 4.69) is 15.5 Å². The number of rotatable bonds is 4. The Morgan fingerprint density at radius 1 is 1.15 bits per heavy atom. The summed E-state index contributed by atoms with van der Waals surface area (Å²) in [6.07, 6.45) is 3.84. The molecule has 0 spiro atoms. The molecule has 0 unspecified atom stereocenters. The predicted molar refractivity (Wildman–Crippen MR) is 80.0 cm³/mol. The third kappa shape index (κ3) is 3.65. The van der Waals surface area contributed by atoms with Crippen LogP contribution in [-0.4, -0.2) is 16.6 Å². The normalized spacial score (nSPS) is 11.2. The van der Waals surface area contributed by atoms with Crippen molar-refractivity contribution in [2.45, 2.75) is 13.3 Å². The Bertz CT molecular complexity index is 609. The van der Waals surface area contributed by atoms with Gasteiger partial charge >= 0.3 is 0 Å². The summed E-state index contributed by atoms with van der Waals surface area (Å²) in [6, 6.07) is 10.6. The number of pyridine rings is 1. The molecule has 4 nitrogen and oxygen atoms in total. The molecule has 2 rings (SSSR count). The highest BCUT2D eigenvalue weighted by Crippen LogP contribution is 2.11. The maximum atomic E-state index is 11.9. The van der Waals surface area contributed by atoms with Crippen LogP contribution >= 0.6 is 11.6 Å². The third-order valence-electron chi connectivity index (χ3n) is 2.75. The average molecular weight is 288 g/mol. The van der Waals surface area contributed by atoms with Gasteiger partial charge in [-0.15, -0.1) is 0 Å². The Morgan fingerprint density at radius 3 is 2.40 bits per heavy atom. The summed E-state index contributed by atoms with van der Waals surface area (Å²) in [5, 5.41) is 4.84. The van der Waals surface area contributed by atoms with Crippen LogP contribution in [0, 0.1) is 0 Å². The van der Waals surface area contributed by atoms with E-state index in [1.54, 1.807) is 36.7 Å². The summed E-state index contributed by atoms with van der Waals surface area (Å²) in [5.41, 5.74) is 4.81. The van der Waals surface area contributed by atoms with Crippen LogP contribution in [0.25, 0.3) is 0 Å². The molecule has 0 aliphatic rings. The van der Waals surface area contributed by atoms with E-state index in [1.807, 2.05) is 19.1 Å². The molecule has 0 bridgehead atoms. The first-order valence-electron chi connectivity index (χ1n) is 6.23. The van der Waals surface area contributed by atoms with Crippen LogP contribution in [0.1, 0.15) is 29.3 Å². The number of carbonyl (C=O) groups excluding carboxylic acids is 1. The van der Waals surface area contributed by atoms with Gasteiger partial charge in [-0.2, -0.15) is 5.10 Å². The van der Waals surface area contributed by atoms with Crippen molar-refractivity contribution in [3.8, 4) is 0 Å². The van der Waals surface area contributed by atoms with Crippen molar-refractivity contribution >= 4 is 23.2 Å². The second-order valence-electron chi connectivity index (χ2n) is 4.10. The average Bonchev–Trinajstić information content (AvgIpc) is 2.50. The summed E-state index contributed by atoms with van der Waals surface area (Å²) in [6.45, 7) is 1.98. The second-order valence-corrected chi connectivity index (χ2v) is 4.53. The summed E-state index contributed by atoms with van der Waals surface area (Å²) < 4.78 is 0. The van der Waals surface area contributed by atoms with Gasteiger partial charge in [-0.05, 0) is 36.2 Å². The van der Waals surface area contributed by atoms with Gasteiger partial charge < -0.3 is 0 Å². The minimum absolute atomic E-state index is 0.257. The summed E-state index contributed by atoms with van der Waals surface area (Å²) in [7, 11) is 0. The lowest BCUT2D eigenvalue weighted by molar-refractivity contribution is 0.0954. The van der Waals surface area contributed by atoms with E-state index in [-0.39, 0.29) is 5.91 Å². The summed E-state index contributed by atoms with van der Waals surface area (Å²) in [4.78, 5) is 15.8. The van der Waals surface area contributed by atoms with Crippen LogP contribution < -0.4 is 5.43 Å². The monoisotopic (exact) mass is 287 g/mol. The molecule has 1 aromatic carbocycles. The molecule has 0 saturated heterocycles. The smallest absolute Gasteiger partial charge is 0.267 e. The van der Waals surface area contributed by atoms with Crippen LogP contribution in [0.15, 0.2) is 53.9 Å². The Morgan fingerprint density at radius 2 is 1.80 bits per heavy atom. The van der Waals surface area contributed by atoms with Crippen molar-refractivity contribution in [1.82, 2.24) is 10.4 Å². The number of hydrazone groups is 1. The highest BCUT2D eigenvalue weighted by molar-refractivity contribution is 6.30. The number of halogens is 1. The fourth-order valence-corrected chi connectivity index (χ4v) is 1.80. The number of aromatic nitrogens is 1. The van der Waals surface area contributed by atoms with Crippen molar-refractivity contribution in [3.63, 3.8) is 0 Å². The topological polar surface area (TPSA) is 54.4 Å². The Labute approximate surface area is 122 Å². The molecule has 0 aliphatic carbocycles. The van der Waals surface area contributed by atoms with Crippen molar-refractivity contribution < 1.29 is 4.79 Å². The van der Waals surface area contributed by atoms with Gasteiger partial charge in [0.2, 0.25) is 0 Å². The van der Waals surface area contributed by atoms with Gasteiger partial charge in [0.25, 0.3) is 5.91 Å². The number of nitrogens with one attached hydrogen (secondary N) is 1. The van der Waals surface area contributed by atoms with Gasteiger partial charge in [-0.1, -0.05) is 30.7 Å². The molecule has 1 amide bonds. The van der Waals surface area contributed by atoms with Crippen molar-refractivity contribution in [3.05, 3.63) is 64.9 Å². The van der Waals surface area contributed by atoms with Crippen molar-refractivity contribution in [2.75, 3.05) is 0 Å². The maximum Gasteiger partial charge on any atom is 0.271 e.